The molecular weight excluding hydrogens is 367 g/mol. The van der Waals surface area contributed by atoms with Crippen LogP contribution in [0.3, 0.4) is 0 Å². The maximum Gasteiger partial charge on any atom is 0.254 e. The fraction of sp³-hybridized carbons (Fsp3) is 0.154. The molecule has 5 nitrogen and oxygen atoms in total. The van der Waals surface area contributed by atoms with E-state index in [-0.39, 0.29) is 16.4 Å². The van der Waals surface area contributed by atoms with Gasteiger partial charge in [-0.1, -0.05) is 35.3 Å². The molecule has 1 aromatic carbocycles. The minimum absolute atomic E-state index is 0.0114. The van der Waals surface area contributed by atoms with Crippen LogP contribution >= 0.6 is 34.5 Å². The quantitative estimate of drug-likeness (QED) is 0.855. The Kier molecular flexibility index (Phi) is 5.14. The van der Waals surface area contributed by atoms with E-state index in [1.807, 2.05) is 0 Å². The third-order valence-corrected chi connectivity index (χ3v) is 5.33. The fourth-order valence-electron chi connectivity index (χ4n) is 1.81. The molecule has 1 amide bonds. The van der Waals surface area contributed by atoms with Gasteiger partial charge in [-0.15, -0.1) is 11.3 Å². The molecule has 22 heavy (non-hydrogen) atoms. The predicted octanol–water partition coefficient (Wildman–Crippen LogP) is 3.19. The third-order valence-electron chi connectivity index (χ3n) is 2.94. The maximum absolute atomic E-state index is 12.2. The summed E-state index contributed by atoms with van der Waals surface area (Å²) in [7, 11) is -3.79. The van der Waals surface area contributed by atoms with Crippen LogP contribution in [0.15, 0.2) is 35.2 Å². The van der Waals surface area contributed by atoms with E-state index in [1.165, 1.54) is 18.2 Å². The zero-order chi connectivity index (χ0) is 16.5. The SMILES string of the molecule is CC(NC(=O)c1cc(Cl)sc1Cl)c1cccc(S(N)(=O)=O)c1. The summed E-state index contributed by atoms with van der Waals surface area (Å²) in [5.41, 5.74) is 0.892. The lowest BCUT2D eigenvalue weighted by atomic mass is 10.1. The first kappa shape index (κ1) is 17.2. The average Bonchev–Trinajstić information content (AvgIpc) is 2.77. The van der Waals surface area contributed by atoms with Crippen LogP contribution in [0.4, 0.5) is 0 Å². The zero-order valence-electron chi connectivity index (χ0n) is 11.3. The molecular formula is C13H12Cl2N2O3S2. The number of primary sulfonamides is 1. The Morgan fingerprint density at radius 2 is 2.00 bits per heavy atom. The first-order chi connectivity index (χ1) is 10.2. The highest BCUT2D eigenvalue weighted by Gasteiger charge is 2.18. The number of halogens is 2. The van der Waals surface area contributed by atoms with E-state index in [0.29, 0.717) is 14.2 Å². The number of thiophene rings is 1. The highest BCUT2D eigenvalue weighted by molar-refractivity contribution is 7.89. The van der Waals surface area contributed by atoms with Crippen molar-refractivity contribution in [1.29, 1.82) is 0 Å². The van der Waals surface area contributed by atoms with Crippen LogP contribution in [0.5, 0.6) is 0 Å². The highest BCUT2D eigenvalue weighted by atomic mass is 35.5. The molecule has 2 aromatic rings. The third kappa shape index (κ3) is 3.99. The molecule has 3 N–H and O–H groups in total. The van der Waals surface area contributed by atoms with Gasteiger partial charge in [0.2, 0.25) is 10.0 Å². The molecule has 1 heterocycles. The van der Waals surface area contributed by atoms with Gasteiger partial charge in [0.1, 0.15) is 4.34 Å². The highest BCUT2D eigenvalue weighted by Crippen LogP contribution is 2.31. The number of hydrogen-bond acceptors (Lipinski definition) is 4. The Labute approximate surface area is 142 Å². The summed E-state index contributed by atoms with van der Waals surface area (Å²) in [6.45, 7) is 1.72. The molecule has 0 aliphatic carbocycles. The van der Waals surface area contributed by atoms with E-state index in [4.69, 9.17) is 28.3 Å². The van der Waals surface area contributed by atoms with Crippen molar-refractivity contribution < 1.29 is 13.2 Å². The minimum Gasteiger partial charge on any atom is -0.345 e. The van der Waals surface area contributed by atoms with E-state index in [2.05, 4.69) is 5.32 Å². The fourth-order valence-corrected chi connectivity index (χ4v) is 3.84. The van der Waals surface area contributed by atoms with Crippen LogP contribution in [0, 0.1) is 0 Å². The lowest BCUT2D eigenvalue weighted by Crippen LogP contribution is -2.26. The molecule has 118 valence electrons. The van der Waals surface area contributed by atoms with Gasteiger partial charge in [-0.05, 0) is 30.7 Å². The number of nitrogens with one attached hydrogen (secondary N) is 1. The van der Waals surface area contributed by atoms with Crippen molar-refractivity contribution >= 4 is 50.5 Å². The number of hydrogen-bond donors (Lipinski definition) is 2. The summed E-state index contributed by atoms with van der Waals surface area (Å²) in [4.78, 5) is 12.1. The van der Waals surface area contributed by atoms with Gasteiger partial charge in [0.15, 0.2) is 0 Å². The van der Waals surface area contributed by atoms with Crippen LogP contribution in [0.2, 0.25) is 8.67 Å². The van der Waals surface area contributed by atoms with E-state index in [9.17, 15) is 13.2 Å². The molecule has 0 saturated carbocycles. The summed E-state index contributed by atoms with van der Waals surface area (Å²) in [6.07, 6.45) is 0. The standard InChI is InChI=1S/C13H12Cl2N2O3S2/c1-7(8-3-2-4-9(5-8)22(16,19)20)17-13(18)10-6-11(14)21-12(10)15/h2-7H,1H3,(H,17,18)(H2,16,19,20). The van der Waals surface area contributed by atoms with Gasteiger partial charge in [0, 0.05) is 0 Å². The van der Waals surface area contributed by atoms with Crippen molar-refractivity contribution in [2.24, 2.45) is 5.14 Å². The summed E-state index contributed by atoms with van der Waals surface area (Å²) >= 11 is 12.8. The summed E-state index contributed by atoms with van der Waals surface area (Å²) in [5.74, 6) is -0.387. The first-order valence-corrected chi connectivity index (χ1v) is 9.19. The normalized spacial score (nSPS) is 12.9. The molecule has 1 atom stereocenters. The molecule has 0 aliphatic heterocycles. The van der Waals surface area contributed by atoms with Gasteiger partial charge < -0.3 is 5.32 Å². The molecule has 0 fully saturated rings. The Balaban J connectivity index is 2.21. The lowest BCUT2D eigenvalue weighted by molar-refractivity contribution is 0.0940. The van der Waals surface area contributed by atoms with Crippen molar-refractivity contribution in [2.45, 2.75) is 17.9 Å². The Morgan fingerprint density at radius 3 is 2.55 bits per heavy atom. The Bertz CT molecular complexity index is 818. The van der Waals surface area contributed by atoms with Crippen molar-refractivity contribution in [2.75, 3.05) is 0 Å². The lowest BCUT2D eigenvalue weighted by Gasteiger charge is -2.14. The van der Waals surface area contributed by atoms with E-state index in [1.54, 1.807) is 19.1 Å². The van der Waals surface area contributed by atoms with E-state index in [0.717, 1.165) is 11.3 Å². The number of sulfonamides is 1. The smallest absolute Gasteiger partial charge is 0.254 e. The number of amides is 1. The van der Waals surface area contributed by atoms with Crippen LogP contribution in [0.25, 0.3) is 0 Å². The van der Waals surface area contributed by atoms with Gasteiger partial charge >= 0.3 is 0 Å². The second kappa shape index (κ2) is 6.55. The van der Waals surface area contributed by atoms with Crippen LogP contribution in [0.1, 0.15) is 28.9 Å². The van der Waals surface area contributed by atoms with Crippen molar-refractivity contribution in [3.63, 3.8) is 0 Å². The van der Waals surface area contributed by atoms with Crippen LogP contribution in [-0.4, -0.2) is 14.3 Å². The Morgan fingerprint density at radius 1 is 1.32 bits per heavy atom. The van der Waals surface area contributed by atoms with E-state index < -0.39 is 16.1 Å². The van der Waals surface area contributed by atoms with Crippen LogP contribution in [-0.2, 0) is 10.0 Å². The molecule has 0 spiro atoms. The van der Waals surface area contributed by atoms with Crippen molar-refractivity contribution in [3.05, 3.63) is 50.1 Å². The average molecular weight is 379 g/mol. The summed E-state index contributed by atoms with van der Waals surface area (Å²) in [6, 6.07) is 7.13. The van der Waals surface area contributed by atoms with E-state index >= 15 is 0 Å². The molecule has 1 unspecified atom stereocenters. The molecule has 0 saturated heterocycles. The largest absolute Gasteiger partial charge is 0.345 e. The number of carbonyl (C=O) groups excluding carboxylic acids is 1. The minimum atomic E-state index is -3.79. The topological polar surface area (TPSA) is 89.3 Å². The van der Waals surface area contributed by atoms with Crippen LogP contribution < -0.4 is 10.5 Å². The van der Waals surface area contributed by atoms with Gasteiger partial charge in [-0.25, -0.2) is 13.6 Å². The number of nitrogens with two attached hydrogens (primary N) is 1. The molecule has 2 rings (SSSR count). The number of benzene rings is 1. The number of carbonyl (C=O) groups is 1. The maximum atomic E-state index is 12.2. The van der Waals surface area contributed by atoms with Crippen molar-refractivity contribution in [3.8, 4) is 0 Å². The molecule has 9 heteroatoms. The van der Waals surface area contributed by atoms with Gasteiger partial charge in [-0.3, -0.25) is 4.79 Å². The van der Waals surface area contributed by atoms with Gasteiger partial charge in [0.25, 0.3) is 5.91 Å². The number of rotatable bonds is 4. The summed E-state index contributed by atoms with van der Waals surface area (Å²) < 4.78 is 23.4. The predicted molar refractivity (Wildman–Crippen MR) is 88.0 cm³/mol. The van der Waals surface area contributed by atoms with Crippen molar-refractivity contribution in [1.82, 2.24) is 5.32 Å². The first-order valence-electron chi connectivity index (χ1n) is 6.07. The summed E-state index contributed by atoms with van der Waals surface area (Å²) in [5, 5.41) is 7.83. The molecule has 0 aliphatic rings. The molecule has 0 bridgehead atoms. The second-order valence-corrected chi connectivity index (χ2v) is 8.40. The molecule has 0 radical (unpaired) electrons. The monoisotopic (exact) mass is 378 g/mol. The zero-order valence-corrected chi connectivity index (χ0v) is 14.5. The van der Waals surface area contributed by atoms with Gasteiger partial charge in [0.05, 0.1) is 20.8 Å². The molecule has 1 aromatic heterocycles. The van der Waals surface area contributed by atoms with Gasteiger partial charge in [-0.2, -0.15) is 0 Å². The Hall–Kier alpha value is -1.12. The second-order valence-electron chi connectivity index (χ2n) is 4.55.